The first kappa shape index (κ1) is 27.1. The summed E-state index contributed by atoms with van der Waals surface area (Å²) >= 11 is 11.9. The third-order valence-electron chi connectivity index (χ3n) is 5.05. The number of aliphatic hydroxyl groups is 1. The molecule has 0 spiro atoms. The summed E-state index contributed by atoms with van der Waals surface area (Å²) in [6.07, 6.45) is 0.353. The van der Waals surface area contributed by atoms with Gasteiger partial charge in [0, 0.05) is 5.70 Å². The number of benzene rings is 2. The lowest BCUT2D eigenvalue weighted by Crippen LogP contribution is -2.45. The molecule has 2 amide bonds. The Kier molecular flexibility index (Phi) is 9.40. The van der Waals surface area contributed by atoms with Gasteiger partial charge in [-0.15, -0.1) is 0 Å². The second kappa shape index (κ2) is 12.5. The number of rotatable bonds is 10. The second-order valence-electron chi connectivity index (χ2n) is 7.59. The third-order valence-corrected chi connectivity index (χ3v) is 5.79. The number of aliphatic hydroxyl groups excluding tert-OH is 1. The number of amides is 2. The average Bonchev–Trinajstić information content (AvgIpc) is 2.84. The van der Waals surface area contributed by atoms with Gasteiger partial charge in [0.05, 0.1) is 41.6 Å². The van der Waals surface area contributed by atoms with Crippen LogP contribution in [0.4, 0.5) is 4.79 Å². The number of ether oxygens (including phenoxy) is 3. The predicted molar refractivity (Wildman–Crippen MR) is 135 cm³/mol. The molecule has 0 saturated carbocycles. The molecular weight excluding hydrogens is 511 g/mol. The zero-order valence-electron chi connectivity index (χ0n) is 19.8. The van der Waals surface area contributed by atoms with Crippen LogP contribution in [-0.4, -0.2) is 49.9 Å². The largest absolute Gasteiger partial charge is 0.490 e. The maximum absolute atomic E-state index is 12.3. The Morgan fingerprint density at radius 1 is 1.19 bits per heavy atom. The lowest BCUT2D eigenvalue weighted by molar-refractivity contribution is -0.136. The van der Waals surface area contributed by atoms with Crippen LogP contribution in [0.1, 0.15) is 31.0 Å². The number of carbonyl (C=O) groups excluding carboxylic acids is 2. The SMILES string of the molecule is CCOc1cc([C@@H]2NC(=O)NC(C)=C2C(=O)OC)ccc1OC[C@@H](O)N/N=C\c1ccc(Cl)c(Cl)c1. The van der Waals surface area contributed by atoms with Gasteiger partial charge in [0.25, 0.3) is 0 Å². The Bertz CT molecular complexity index is 1190. The van der Waals surface area contributed by atoms with E-state index in [1.165, 1.54) is 13.3 Å². The predicted octanol–water partition coefficient (Wildman–Crippen LogP) is 3.51. The fraction of sp³-hybridized carbons (Fsp3) is 0.292. The van der Waals surface area contributed by atoms with Gasteiger partial charge >= 0.3 is 12.0 Å². The summed E-state index contributed by atoms with van der Waals surface area (Å²) in [4.78, 5) is 24.4. The summed E-state index contributed by atoms with van der Waals surface area (Å²) in [5, 5.41) is 20.3. The monoisotopic (exact) mass is 536 g/mol. The van der Waals surface area contributed by atoms with Crippen molar-refractivity contribution in [3.8, 4) is 11.5 Å². The van der Waals surface area contributed by atoms with Gasteiger partial charge in [-0.2, -0.15) is 5.10 Å². The molecule has 0 radical (unpaired) electrons. The van der Waals surface area contributed by atoms with Crippen molar-refractivity contribution in [2.45, 2.75) is 26.1 Å². The van der Waals surface area contributed by atoms with E-state index in [0.717, 1.165) is 0 Å². The molecule has 0 fully saturated rings. The summed E-state index contributed by atoms with van der Waals surface area (Å²) in [6.45, 7) is 3.62. The molecule has 0 aromatic heterocycles. The molecule has 0 unspecified atom stereocenters. The van der Waals surface area contributed by atoms with E-state index in [2.05, 4.69) is 21.2 Å². The van der Waals surface area contributed by atoms with Crippen molar-refractivity contribution in [1.82, 2.24) is 16.1 Å². The molecule has 2 aromatic carbocycles. The van der Waals surface area contributed by atoms with Crippen LogP contribution in [0.15, 0.2) is 52.8 Å². The van der Waals surface area contributed by atoms with E-state index in [9.17, 15) is 14.7 Å². The van der Waals surface area contributed by atoms with Crippen molar-refractivity contribution in [3.05, 3.63) is 68.8 Å². The van der Waals surface area contributed by atoms with E-state index in [1.54, 1.807) is 50.2 Å². The molecule has 2 aromatic rings. The zero-order chi connectivity index (χ0) is 26.2. The lowest BCUT2D eigenvalue weighted by atomic mass is 9.95. The van der Waals surface area contributed by atoms with Crippen LogP contribution in [0.25, 0.3) is 0 Å². The van der Waals surface area contributed by atoms with Crippen LogP contribution in [0.3, 0.4) is 0 Å². The molecule has 4 N–H and O–H groups in total. The van der Waals surface area contributed by atoms with E-state index in [-0.39, 0.29) is 12.2 Å². The van der Waals surface area contributed by atoms with Crippen LogP contribution in [0.5, 0.6) is 11.5 Å². The summed E-state index contributed by atoms with van der Waals surface area (Å²) < 4.78 is 16.3. The normalized spacial score (nSPS) is 16.3. The zero-order valence-corrected chi connectivity index (χ0v) is 21.3. The molecule has 36 heavy (non-hydrogen) atoms. The highest BCUT2D eigenvalue weighted by molar-refractivity contribution is 6.42. The smallest absolute Gasteiger partial charge is 0.337 e. The first-order valence-corrected chi connectivity index (χ1v) is 11.7. The lowest BCUT2D eigenvalue weighted by Gasteiger charge is -2.28. The topological polar surface area (TPSA) is 131 Å². The third kappa shape index (κ3) is 6.81. The van der Waals surface area contributed by atoms with E-state index in [4.69, 9.17) is 37.4 Å². The molecule has 12 heteroatoms. The average molecular weight is 537 g/mol. The van der Waals surface area contributed by atoms with Crippen molar-refractivity contribution < 1.29 is 28.9 Å². The number of urea groups is 1. The Balaban J connectivity index is 1.70. The molecule has 0 saturated heterocycles. The standard InChI is InChI=1S/C24H26Cl2N4O6/c1-4-35-19-10-15(22-21(23(32)34-3)13(2)28-24(33)29-22)6-8-18(19)36-12-20(31)30-27-11-14-5-7-16(25)17(26)9-14/h5-11,20,22,30-31H,4,12H2,1-3H3,(H2,28,29,33)/b27-11-/t20-,22+/m1/s1. The van der Waals surface area contributed by atoms with Gasteiger partial charge in [-0.3, -0.25) is 5.43 Å². The van der Waals surface area contributed by atoms with E-state index < -0.39 is 24.3 Å². The highest BCUT2D eigenvalue weighted by Gasteiger charge is 2.32. The minimum atomic E-state index is -1.13. The molecule has 0 aliphatic carbocycles. The number of carbonyl (C=O) groups is 2. The van der Waals surface area contributed by atoms with Gasteiger partial charge < -0.3 is 30.0 Å². The number of hydrogen-bond acceptors (Lipinski definition) is 8. The number of hydrazone groups is 1. The van der Waals surface area contributed by atoms with Crippen molar-refractivity contribution in [2.75, 3.05) is 20.3 Å². The molecule has 0 bridgehead atoms. The van der Waals surface area contributed by atoms with Crippen molar-refractivity contribution in [3.63, 3.8) is 0 Å². The highest BCUT2D eigenvalue weighted by Crippen LogP contribution is 2.35. The first-order valence-electron chi connectivity index (χ1n) is 10.9. The Morgan fingerprint density at radius 3 is 2.67 bits per heavy atom. The van der Waals surface area contributed by atoms with E-state index in [0.29, 0.717) is 45.0 Å². The van der Waals surface area contributed by atoms with Crippen LogP contribution in [0, 0.1) is 0 Å². The van der Waals surface area contributed by atoms with Crippen molar-refractivity contribution in [2.24, 2.45) is 5.10 Å². The van der Waals surface area contributed by atoms with E-state index >= 15 is 0 Å². The number of hydrogen-bond donors (Lipinski definition) is 4. The number of nitrogens with zero attached hydrogens (tertiary/aromatic N) is 1. The fourth-order valence-corrected chi connectivity index (χ4v) is 3.72. The van der Waals surface area contributed by atoms with E-state index in [1.807, 2.05) is 0 Å². The number of allylic oxidation sites excluding steroid dienone is 1. The van der Waals surface area contributed by atoms with Crippen LogP contribution < -0.4 is 25.5 Å². The van der Waals surface area contributed by atoms with Gasteiger partial charge in [0.1, 0.15) is 6.61 Å². The Morgan fingerprint density at radius 2 is 1.97 bits per heavy atom. The summed E-state index contributed by atoms with van der Waals surface area (Å²) in [6, 6.07) is 8.79. The number of halogens is 2. The van der Waals surface area contributed by atoms with Crippen LogP contribution >= 0.6 is 23.2 Å². The number of esters is 1. The van der Waals surface area contributed by atoms with Gasteiger partial charge in [0.15, 0.2) is 17.7 Å². The molecule has 1 heterocycles. The minimum Gasteiger partial charge on any atom is -0.490 e. The minimum absolute atomic E-state index is 0.144. The number of methoxy groups -OCH3 is 1. The molecule has 3 rings (SSSR count). The second-order valence-corrected chi connectivity index (χ2v) is 8.40. The maximum Gasteiger partial charge on any atom is 0.337 e. The van der Waals surface area contributed by atoms with Gasteiger partial charge in [-0.25, -0.2) is 9.59 Å². The quantitative estimate of drug-likeness (QED) is 0.158. The highest BCUT2D eigenvalue weighted by atomic mass is 35.5. The Hall–Kier alpha value is -3.47. The molecule has 1 aliphatic rings. The fourth-order valence-electron chi connectivity index (χ4n) is 3.41. The van der Waals surface area contributed by atoms with Crippen LogP contribution in [0.2, 0.25) is 10.0 Å². The Labute approximate surface area is 218 Å². The van der Waals surface area contributed by atoms with Gasteiger partial charge in [-0.1, -0.05) is 35.3 Å². The van der Waals surface area contributed by atoms with Gasteiger partial charge in [-0.05, 0) is 49.2 Å². The maximum atomic E-state index is 12.3. The summed E-state index contributed by atoms with van der Waals surface area (Å²) in [5.41, 5.74) is 4.50. The summed E-state index contributed by atoms with van der Waals surface area (Å²) in [5.74, 6) is 0.158. The van der Waals surface area contributed by atoms with Gasteiger partial charge in [0.2, 0.25) is 0 Å². The molecule has 2 atom stereocenters. The number of nitrogens with one attached hydrogen (secondary N) is 3. The van der Waals surface area contributed by atoms with Crippen molar-refractivity contribution in [1.29, 1.82) is 0 Å². The molecular formula is C24H26Cl2N4O6. The summed E-state index contributed by atoms with van der Waals surface area (Å²) in [7, 11) is 1.27. The first-order chi connectivity index (χ1) is 17.2. The molecule has 10 nitrogen and oxygen atoms in total. The van der Waals surface area contributed by atoms with Crippen LogP contribution in [-0.2, 0) is 9.53 Å². The molecule has 192 valence electrons. The molecule has 1 aliphatic heterocycles. The van der Waals surface area contributed by atoms with Crippen molar-refractivity contribution >= 4 is 41.4 Å².